The fraction of sp³-hybridized carbons (Fsp3) is 0.0769. The van der Waals surface area contributed by atoms with Gasteiger partial charge in [-0.15, -0.1) is 0 Å². The Morgan fingerprint density at radius 2 is 0.333 bits per heavy atom. The van der Waals surface area contributed by atoms with Crippen molar-refractivity contribution in [1.29, 1.82) is 0 Å². The van der Waals surface area contributed by atoms with E-state index in [0.29, 0.717) is 0 Å². The second kappa shape index (κ2) is 17.3. The molecule has 0 amide bonds. The zero-order chi connectivity index (χ0) is 53.0. The van der Waals surface area contributed by atoms with Gasteiger partial charge in [0.25, 0.3) is 0 Å². The van der Waals surface area contributed by atoms with Gasteiger partial charge in [0.1, 0.15) is 0 Å². The number of rotatable bonds is 8. The van der Waals surface area contributed by atoms with Gasteiger partial charge in [0.2, 0.25) is 16.5 Å². The van der Waals surface area contributed by atoms with E-state index in [1.165, 1.54) is 165 Å². The van der Waals surface area contributed by atoms with Gasteiger partial charge in [0, 0.05) is 0 Å². The minimum absolute atomic E-state index is 0.888. The molecule has 0 aliphatic heterocycles. The van der Waals surface area contributed by atoms with E-state index in [1.54, 1.807) is 0 Å². The Balaban J connectivity index is 1.06. The van der Waals surface area contributed by atoms with Crippen molar-refractivity contribution in [2.75, 3.05) is 0 Å². The van der Waals surface area contributed by atoms with Gasteiger partial charge in [0.15, 0.2) is 0 Å². The Morgan fingerprint density at radius 3 is 0.519 bits per heavy atom. The molecule has 0 heterocycles. The lowest BCUT2D eigenvalue weighted by molar-refractivity contribution is 1.23. The summed E-state index contributed by atoms with van der Waals surface area (Å²) in [6.45, 7) is 0. The number of hydrogen-bond donors (Lipinski definition) is 1. The number of nitrogens with one attached hydrogen (secondary N) is 1. The van der Waals surface area contributed by atoms with E-state index in [1.807, 2.05) is 0 Å². The molecule has 6 aliphatic rings. The monoisotopic (exact) mass is 1060 g/mol. The molecule has 18 rings (SSSR count). The fourth-order valence-electron chi connectivity index (χ4n) is 16.6. The molecule has 0 unspecified atom stereocenters. The van der Waals surface area contributed by atoms with Crippen LogP contribution >= 0.6 is 0 Å². The molecule has 12 aromatic rings. The molecular formula is C78H55NSi2. The molecule has 1 N–H and O–H groups in total. The average Bonchev–Trinajstić information content (AvgIpc) is 3.89. The maximum atomic E-state index is 5.60. The molecule has 0 radical (unpaired) electrons. The first-order valence-electron chi connectivity index (χ1n) is 29.2. The van der Waals surface area contributed by atoms with Crippen LogP contribution in [0.3, 0.4) is 0 Å². The molecule has 6 aliphatic carbocycles. The minimum atomic E-state index is -3.72. The minimum Gasteiger partial charge on any atom is -0.338 e. The maximum absolute atomic E-state index is 5.60. The van der Waals surface area contributed by atoms with E-state index in [9.17, 15) is 0 Å². The highest BCUT2D eigenvalue weighted by Crippen LogP contribution is 2.45. The van der Waals surface area contributed by atoms with Gasteiger partial charge < -0.3 is 4.65 Å². The van der Waals surface area contributed by atoms with E-state index in [4.69, 9.17) is 4.65 Å². The first-order valence-corrected chi connectivity index (χ1v) is 33.2. The number of benzene rings is 12. The summed E-state index contributed by atoms with van der Waals surface area (Å²) < 4.78 is 5.60. The van der Waals surface area contributed by atoms with Crippen molar-refractivity contribution in [3.05, 3.63) is 322 Å². The van der Waals surface area contributed by atoms with Crippen LogP contribution in [0.4, 0.5) is 0 Å². The molecule has 1 nitrogen and oxygen atoms in total. The van der Waals surface area contributed by atoms with Gasteiger partial charge in [-0.3, -0.25) is 0 Å². The SMILES string of the molecule is c1ccc2c(c1)Cc1c-2cccc1[Si](N[Si](c1cccc2c1Cc1ccccc1-2)(c1cccc2c1Cc1ccccc1-2)c1cccc2c1Cc1ccccc1-2)(c1cccc2c1Cc1ccccc1-2)c1cccc2c1Cc1ccccc1-2. The van der Waals surface area contributed by atoms with Crippen LogP contribution in [0, 0.1) is 0 Å². The van der Waals surface area contributed by atoms with Crippen LogP contribution in [0.25, 0.3) is 66.8 Å². The fourth-order valence-corrected chi connectivity index (χ4v) is 30.0. The second-order valence-corrected chi connectivity index (χ2v) is 30.9. The standard InChI is InChI=1S/C78H55NSi2/c1-7-25-55-49(19-1)43-67-61(55)31-13-37-73(67)80(74-38-14-32-62-56-26-8-2-20-50(56)44-68(62)74,75-39-15-33-63-57-27-9-3-21-51(57)45-69(63)75)79-81(76-40-16-34-64-58-28-10-4-22-52(58)46-70(64)76,77-41-17-35-65-59-29-11-5-23-53(59)47-71(65)77)78-42-18-36-66-60-30-12-6-24-54(60)48-72(66)78/h1-42,79H,43-48H2. The molecule has 0 aromatic heterocycles. The summed E-state index contributed by atoms with van der Waals surface area (Å²) in [6.07, 6.45) is 5.33. The highest BCUT2D eigenvalue weighted by atomic mass is 28.4. The van der Waals surface area contributed by atoms with Crippen molar-refractivity contribution in [2.45, 2.75) is 38.5 Å². The van der Waals surface area contributed by atoms with Crippen molar-refractivity contribution in [1.82, 2.24) is 4.65 Å². The lowest BCUT2D eigenvalue weighted by Crippen LogP contribution is -2.91. The van der Waals surface area contributed by atoms with Crippen LogP contribution in [-0.4, -0.2) is 16.5 Å². The van der Waals surface area contributed by atoms with Crippen LogP contribution in [-0.2, 0) is 38.5 Å². The van der Waals surface area contributed by atoms with E-state index in [0.717, 1.165) is 38.5 Å². The zero-order valence-electron chi connectivity index (χ0n) is 45.0. The summed E-state index contributed by atoms with van der Waals surface area (Å²) in [6, 6.07) is 101. The Hall–Kier alpha value is -8.97. The van der Waals surface area contributed by atoms with Crippen molar-refractivity contribution in [3.8, 4) is 66.8 Å². The third-order valence-electron chi connectivity index (χ3n) is 19.9. The topological polar surface area (TPSA) is 12.0 Å². The van der Waals surface area contributed by atoms with Crippen molar-refractivity contribution < 1.29 is 0 Å². The third kappa shape index (κ3) is 6.34. The normalized spacial score (nSPS) is 13.9. The quantitative estimate of drug-likeness (QED) is 0.118. The first-order chi connectivity index (χ1) is 40.1. The Morgan fingerprint density at radius 1 is 0.173 bits per heavy atom. The van der Waals surface area contributed by atoms with Gasteiger partial charge in [-0.25, -0.2) is 0 Å². The highest BCUT2D eigenvalue weighted by molar-refractivity contribution is 7.23. The number of hydrogen-bond acceptors (Lipinski definition) is 1. The highest BCUT2D eigenvalue weighted by Gasteiger charge is 2.57. The molecule has 0 fully saturated rings. The Labute approximate surface area is 476 Å². The molecule has 0 spiro atoms. The van der Waals surface area contributed by atoms with Crippen LogP contribution in [0.5, 0.6) is 0 Å². The van der Waals surface area contributed by atoms with E-state index < -0.39 is 16.5 Å². The number of fused-ring (bicyclic) bond motifs is 18. The molecule has 380 valence electrons. The molecule has 0 bridgehead atoms. The summed E-state index contributed by atoms with van der Waals surface area (Å²) in [7, 11) is -7.44. The molecule has 81 heavy (non-hydrogen) atoms. The van der Waals surface area contributed by atoms with E-state index >= 15 is 0 Å². The maximum Gasteiger partial charge on any atom is 0.217 e. The molecule has 0 saturated heterocycles. The second-order valence-electron chi connectivity index (χ2n) is 23.6. The van der Waals surface area contributed by atoms with Gasteiger partial charge in [-0.2, -0.15) is 0 Å². The summed E-state index contributed by atoms with van der Waals surface area (Å²) in [5, 5.41) is 8.94. The van der Waals surface area contributed by atoms with Crippen LogP contribution in [0.2, 0.25) is 0 Å². The lowest BCUT2D eigenvalue weighted by Gasteiger charge is -2.48. The van der Waals surface area contributed by atoms with Crippen LogP contribution in [0.15, 0.2) is 255 Å². The molecule has 12 aromatic carbocycles. The van der Waals surface area contributed by atoms with E-state index in [-0.39, 0.29) is 0 Å². The molecular weight excluding hydrogens is 1010 g/mol. The van der Waals surface area contributed by atoms with Crippen molar-refractivity contribution >= 4 is 47.6 Å². The first kappa shape index (κ1) is 45.9. The van der Waals surface area contributed by atoms with Gasteiger partial charge in [0.05, 0.1) is 0 Å². The summed E-state index contributed by atoms with van der Waals surface area (Å²) in [4.78, 5) is 0. The van der Waals surface area contributed by atoms with E-state index in [2.05, 4.69) is 255 Å². The molecule has 0 saturated carbocycles. The van der Waals surface area contributed by atoms with Gasteiger partial charge in [-0.1, -0.05) is 255 Å². The lowest BCUT2D eigenvalue weighted by atomic mass is 10.1. The Bertz CT molecular complexity index is 3950. The largest absolute Gasteiger partial charge is 0.338 e. The predicted octanol–water partition coefficient (Wildman–Crippen LogP) is 13.3. The predicted molar refractivity (Wildman–Crippen MR) is 341 cm³/mol. The zero-order valence-corrected chi connectivity index (χ0v) is 47.0. The summed E-state index contributed by atoms with van der Waals surface area (Å²) >= 11 is 0. The van der Waals surface area contributed by atoms with Crippen molar-refractivity contribution in [2.24, 2.45) is 0 Å². The average molecular weight is 1060 g/mol. The third-order valence-corrected chi connectivity index (χ3v) is 30.6. The van der Waals surface area contributed by atoms with Crippen molar-refractivity contribution in [3.63, 3.8) is 0 Å². The van der Waals surface area contributed by atoms with Gasteiger partial charge in [-0.05, 0) is 203 Å². The molecule has 3 heteroatoms. The summed E-state index contributed by atoms with van der Waals surface area (Å²) in [5.74, 6) is 0. The van der Waals surface area contributed by atoms with Crippen LogP contribution in [0.1, 0.15) is 66.8 Å². The van der Waals surface area contributed by atoms with Crippen LogP contribution < -0.4 is 35.8 Å². The summed E-state index contributed by atoms with van der Waals surface area (Å²) in [5.41, 5.74) is 33.8. The molecule has 0 atom stereocenters. The Kier molecular flexibility index (Phi) is 9.78. The smallest absolute Gasteiger partial charge is 0.217 e. The van der Waals surface area contributed by atoms with Gasteiger partial charge >= 0.3 is 0 Å².